The number of aromatic nitrogens is 2. The predicted molar refractivity (Wildman–Crippen MR) is 88.4 cm³/mol. The van der Waals surface area contributed by atoms with Gasteiger partial charge in [0.25, 0.3) is 0 Å². The molecule has 0 radical (unpaired) electrons. The average molecular weight is 359 g/mol. The number of hydrogen-bond acceptors (Lipinski definition) is 4. The van der Waals surface area contributed by atoms with Gasteiger partial charge in [-0.25, -0.2) is 0 Å². The van der Waals surface area contributed by atoms with Gasteiger partial charge in [-0.3, -0.25) is 9.58 Å². The fraction of sp³-hybridized carbons (Fsp3) is 0.800. The van der Waals surface area contributed by atoms with Crippen LogP contribution < -0.4 is 5.32 Å². The van der Waals surface area contributed by atoms with Crippen molar-refractivity contribution < 1.29 is 4.74 Å². The summed E-state index contributed by atoms with van der Waals surface area (Å²) in [4.78, 5) is 2.56. The lowest BCUT2D eigenvalue weighted by molar-refractivity contribution is -0.0338. The first-order valence-corrected chi connectivity index (χ1v) is 8.57. The lowest BCUT2D eigenvalue weighted by Crippen LogP contribution is -2.58. The molecular weight excluding hydrogens is 332 g/mol. The average Bonchev–Trinajstić information content (AvgIpc) is 2.84. The molecule has 0 amide bonds. The van der Waals surface area contributed by atoms with Crippen molar-refractivity contribution in [3.63, 3.8) is 0 Å². The Kier molecular flexibility index (Phi) is 5.82. The Hall–Kier alpha value is -0.430. The quantitative estimate of drug-likeness (QED) is 0.847. The maximum Gasteiger partial charge on any atom is 0.0711 e. The van der Waals surface area contributed by atoms with Gasteiger partial charge in [0.2, 0.25) is 0 Å². The van der Waals surface area contributed by atoms with Crippen molar-refractivity contribution in [2.75, 3.05) is 32.8 Å². The molecule has 2 heterocycles. The first kappa shape index (κ1) is 16.9. The maximum atomic E-state index is 5.53. The third kappa shape index (κ3) is 3.33. The second-order valence-corrected chi connectivity index (χ2v) is 6.66. The van der Waals surface area contributed by atoms with Crippen molar-refractivity contribution in [1.82, 2.24) is 20.0 Å². The van der Waals surface area contributed by atoms with Crippen molar-refractivity contribution in [3.8, 4) is 0 Å². The highest BCUT2D eigenvalue weighted by Crippen LogP contribution is 2.37. The van der Waals surface area contributed by atoms with Gasteiger partial charge in [-0.15, -0.1) is 0 Å². The van der Waals surface area contributed by atoms with Gasteiger partial charge in [-0.05, 0) is 35.8 Å². The summed E-state index contributed by atoms with van der Waals surface area (Å²) in [5, 5.41) is 8.08. The Morgan fingerprint density at radius 3 is 2.57 bits per heavy atom. The van der Waals surface area contributed by atoms with Crippen LogP contribution in [0.4, 0.5) is 0 Å². The van der Waals surface area contributed by atoms with Gasteiger partial charge >= 0.3 is 0 Å². The smallest absolute Gasteiger partial charge is 0.0711 e. The molecule has 1 aromatic rings. The van der Waals surface area contributed by atoms with Crippen LogP contribution in [0, 0.1) is 0 Å². The van der Waals surface area contributed by atoms with E-state index in [2.05, 4.69) is 52.0 Å². The van der Waals surface area contributed by atoms with Crippen LogP contribution in [0.15, 0.2) is 10.7 Å². The van der Waals surface area contributed by atoms with Crippen LogP contribution in [0.2, 0.25) is 0 Å². The van der Waals surface area contributed by atoms with Crippen molar-refractivity contribution in [1.29, 1.82) is 0 Å². The van der Waals surface area contributed by atoms with Gasteiger partial charge in [0, 0.05) is 25.7 Å². The molecule has 1 fully saturated rings. The van der Waals surface area contributed by atoms with Gasteiger partial charge in [0.05, 0.1) is 35.6 Å². The zero-order valence-electron chi connectivity index (χ0n) is 13.5. The first-order valence-electron chi connectivity index (χ1n) is 7.78. The molecule has 1 saturated heterocycles. The Morgan fingerprint density at radius 2 is 2.10 bits per heavy atom. The molecule has 0 bridgehead atoms. The van der Waals surface area contributed by atoms with Crippen molar-refractivity contribution in [2.45, 2.75) is 38.8 Å². The molecule has 1 aromatic heterocycles. The SMILES string of the molecule is CCNC(c1c(Br)cnn1C)C(C)(CC)N1CCOCC1. The lowest BCUT2D eigenvalue weighted by atomic mass is 9.84. The number of ether oxygens (including phenoxy) is 1. The minimum absolute atomic E-state index is 0.0378. The highest BCUT2D eigenvalue weighted by atomic mass is 79.9. The number of aryl methyl sites for hydroxylation is 1. The zero-order chi connectivity index (χ0) is 15.5. The minimum Gasteiger partial charge on any atom is -0.379 e. The number of hydrogen-bond donors (Lipinski definition) is 1. The molecule has 21 heavy (non-hydrogen) atoms. The van der Waals surface area contributed by atoms with E-state index in [1.54, 1.807) is 0 Å². The molecule has 0 aliphatic carbocycles. The monoisotopic (exact) mass is 358 g/mol. The molecule has 1 aliphatic heterocycles. The fourth-order valence-electron chi connectivity index (χ4n) is 3.24. The van der Waals surface area contributed by atoms with E-state index in [4.69, 9.17) is 4.74 Å². The summed E-state index contributed by atoms with van der Waals surface area (Å²) in [5.41, 5.74) is 1.25. The maximum absolute atomic E-state index is 5.53. The number of halogens is 1. The van der Waals surface area contributed by atoms with Crippen LogP contribution in [-0.2, 0) is 11.8 Å². The Labute approximate surface area is 136 Å². The van der Waals surface area contributed by atoms with Crippen molar-refractivity contribution in [3.05, 3.63) is 16.4 Å². The van der Waals surface area contributed by atoms with Crippen LogP contribution >= 0.6 is 15.9 Å². The van der Waals surface area contributed by atoms with Crippen LogP contribution in [0.3, 0.4) is 0 Å². The Bertz CT molecular complexity index is 439. The molecule has 0 aromatic carbocycles. The summed E-state index contributed by atoms with van der Waals surface area (Å²) < 4.78 is 8.58. The zero-order valence-corrected chi connectivity index (χ0v) is 15.1. The fourth-order valence-corrected chi connectivity index (χ4v) is 3.82. The van der Waals surface area contributed by atoms with E-state index >= 15 is 0 Å². The summed E-state index contributed by atoms with van der Waals surface area (Å²) in [6.07, 6.45) is 2.96. The minimum atomic E-state index is 0.0378. The largest absolute Gasteiger partial charge is 0.379 e. The molecular formula is C15H27BrN4O. The van der Waals surface area contributed by atoms with Gasteiger partial charge < -0.3 is 10.1 Å². The van der Waals surface area contributed by atoms with Gasteiger partial charge in [0.15, 0.2) is 0 Å². The summed E-state index contributed by atoms with van der Waals surface area (Å²) in [5.74, 6) is 0. The molecule has 1 aliphatic rings. The van der Waals surface area contributed by atoms with Gasteiger partial charge in [-0.2, -0.15) is 5.10 Å². The predicted octanol–water partition coefficient (Wildman–Crippen LogP) is 2.33. The first-order chi connectivity index (χ1) is 10.0. The third-order valence-corrected chi connectivity index (χ3v) is 5.30. The molecule has 2 atom stereocenters. The van der Waals surface area contributed by atoms with Crippen LogP contribution in [0.25, 0.3) is 0 Å². The summed E-state index contributed by atoms with van der Waals surface area (Å²) in [7, 11) is 2.01. The molecule has 0 saturated carbocycles. The van der Waals surface area contributed by atoms with Crippen LogP contribution in [-0.4, -0.2) is 53.1 Å². The van der Waals surface area contributed by atoms with Crippen molar-refractivity contribution >= 4 is 15.9 Å². The van der Waals surface area contributed by atoms with Crippen LogP contribution in [0.1, 0.15) is 38.9 Å². The van der Waals surface area contributed by atoms with E-state index in [0.717, 1.165) is 43.7 Å². The second kappa shape index (κ2) is 7.22. The standard InChI is InChI=1S/C15H27BrN4O/c1-5-15(3,20-7-9-21-10-8-20)14(17-6-2)13-12(16)11-18-19(13)4/h11,14,17H,5-10H2,1-4H3. The molecule has 1 N–H and O–H groups in total. The van der Waals surface area contributed by atoms with E-state index in [9.17, 15) is 0 Å². The van der Waals surface area contributed by atoms with E-state index in [1.807, 2.05) is 17.9 Å². The topological polar surface area (TPSA) is 42.3 Å². The molecule has 2 rings (SSSR count). The summed E-state index contributed by atoms with van der Waals surface area (Å²) >= 11 is 3.67. The van der Waals surface area contributed by atoms with E-state index in [1.165, 1.54) is 5.69 Å². The second-order valence-electron chi connectivity index (χ2n) is 5.80. The van der Waals surface area contributed by atoms with Crippen molar-refractivity contribution in [2.24, 2.45) is 7.05 Å². The van der Waals surface area contributed by atoms with Crippen LogP contribution in [0.5, 0.6) is 0 Å². The molecule has 6 heteroatoms. The molecule has 0 spiro atoms. The van der Waals surface area contributed by atoms with E-state index < -0.39 is 0 Å². The number of rotatable bonds is 6. The normalized spacial score (nSPS) is 21.2. The number of likely N-dealkylation sites (N-methyl/N-ethyl adjacent to an activating group) is 1. The van der Waals surface area contributed by atoms with E-state index in [0.29, 0.717) is 0 Å². The highest BCUT2D eigenvalue weighted by molar-refractivity contribution is 9.10. The highest BCUT2D eigenvalue weighted by Gasteiger charge is 2.41. The van der Waals surface area contributed by atoms with E-state index in [-0.39, 0.29) is 11.6 Å². The Morgan fingerprint density at radius 1 is 1.43 bits per heavy atom. The Balaban J connectivity index is 2.38. The third-order valence-electron chi connectivity index (χ3n) is 4.69. The molecule has 2 unspecified atom stereocenters. The summed E-state index contributed by atoms with van der Waals surface area (Å²) in [6.45, 7) is 11.3. The van der Waals surface area contributed by atoms with Gasteiger partial charge in [0.1, 0.15) is 0 Å². The number of morpholine rings is 1. The molecule has 5 nitrogen and oxygen atoms in total. The lowest BCUT2D eigenvalue weighted by Gasteiger charge is -2.48. The number of nitrogens with zero attached hydrogens (tertiary/aromatic N) is 3. The molecule has 120 valence electrons. The summed E-state index contributed by atoms with van der Waals surface area (Å²) in [6, 6.07) is 0.229. The van der Waals surface area contributed by atoms with Gasteiger partial charge in [-0.1, -0.05) is 13.8 Å². The number of nitrogens with one attached hydrogen (secondary N) is 1.